The van der Waals surface area contributed by atoms with Crippen molar-refractivity contribution in [1.82, 2.24) is 15.0 Å². The smallest absolute Gasteiger partial charge is 0.255 e. The minimum Gasteiger partial charge on any atom is -0.363 e. The van der Waals surface area contributed by atoms with Gasteiger partial charge in [0, 0.05) is 23.0 Å². The van der Waals surface area contributed by atoms with Crippen molar-refractivity contribution in [3.8, 4) is 17.3 Å². The summed E-state index contributed by atoms with van der Waals surface area (Å²) in [4.78, 5) is 26.3. The van der Waals surface area contributed by atoms with Gasteiger partial charge in [-0.15, -0.1) is 0 Å². The second-order valence-electron chi connectivity index (χ2n) is 8.97. The molecule has 0 spiro atoms. The number of aromatic nitrogens is 3. The van der Waals surface area contributed by atoms with Gasteiger partial charge < -0.3 is 21.3 Å². The largest absolute Gasteiger partial charge is 0.363 e. The lowest BCUT2D eigenvalue weighted by molar-refractivity contribution is 0.102. The maximum absolute atomic E-state index is 13.0. The number of hydrogen-bond donors (Lipinski definition) is 4. The summed E-state index contributed by atoms with van der Waals surface area (Å²) in [5.74, 6) is 0.991. The Hall–Kier alpha value is -4.68. The molecule has 5 rings (SSSR count). The molecule has 0 saturated carbocycles. The molecule has 1 aliphatic rings. The summed E-state index contributed by atoms with van der Waals surface area (Å²) in [6, 6.07) is 18.3. The molecule has 184 valence electrons. The molecular weight excluding hydrogens is 488 g/mol. The van der Waals surface area contributed by atoms with Gasteiger partial charge in [-0.05, 0) is 61.9 Å². The Morgan fingerprint density at radius 3 is 2.78 bits per heavy atom. The second kappa shape index (κ2) is 9.76. The van der Waals surface area contributed by atoms with Crippen LogP contribution in [0.25, 0.3) is 11.3 Å². The van der Waals surface area contributed by atoms with Crippen molar-refractivity contribution >= 4 is 46.2 Å². The lowest BCUT2D eigenvalue weighted by atomic mass is 9.85. The fourth-order valence-electron chi connectivity index (χ4n) is 3.95. The zero-order valence-corrected chi connectivity index (χ0v) is 20.9. The number of pyridine rings is 1. The molecule has 9 nitrogen and oxygen atoms in total. The van der Waals surface area contributed by atoms with Crippen molar-refractivity contribution in [2.75, 3.05) is 27.9 Å². The first kappa shape index (κ1) is 24.0. The monoisotopic (exact) mass is 510 g/mol. The van der Waals surface area contributed by atoms with E-state index in [1.165, 1.54) is 6.33 Å². The number of hydrogen-bond acceptors (Lipinski definition) is 8. The van der Waals surface area contributed by atoms with Gasteiger partial charge in [-0.2, -0.15) is 5.26 Å². The number of carbonyl (C=O) groups excluding carboxylic acids is 1. The first-order chi connectivity index (χ1) is 17.9. The molecule has 3 heterocycles. The number of rotatable bonds is 6. The quantitative estimate of drug-likeness (QED) is 0.257. The Morgan fingerprint density at radius 2 is 1.95 bits per heavy atom. The second-order valence-corrected chi connectivity index (χ2v) is 9.37. The predicted octanol–water partition coefficient (Wildman–Crippen LogP) is 5.78. The van der Waals surface area contributed by atoms with Gasteiger partial charge >= 0.3 is 0 Å². The molecule has 0 unspecified atom stereocenters. The van der Waals surface area contributed by atoms with E-state index in [9.17, 15) is 10.1 Å². The lowest BCUT2D eigenvalue weighted by Crippen LogP contribution is -2.17. The van der Waals surface area contributed by atoms with Crippen LogP contribution < -0.4 is 21.3 Å². The molecular formula is C27H23ClN8O. The van der Waals surface area contributed by atoms with Crippen LogP contribution in [0.4, 0.5) is 28.7 Å². The van der Waals surface area contributed by atoms with Crippen molar-refractivity contribution in [2.24, 2.45) is 0 Å². The Labute approximate surface area is 219 Å². The maximum atomic E-state index is 13.0. The highest BCUT2D eigenvalue weighted by atomic mass is 35.5. The highest BCUT2D eigenvalue weighted by Gasteiger charge is 2.22. The number of amides is 1. The average Bonchev–Trinajstić information content (AvgIpc) is 3.40. The van der Waals surface area contributed by atoms with Crippen molar-refractivity contribution in [3.05, 3.63) is 83.3 Å². The zero-order valence-electron chi connectivity index (χ0n) is 20.1. The van der Waals surface area contributed by atoms with E-state index in [4.69, 9.17) is 11.6 Å². The van der Waals surface area contributed by atoms with Crippen LogP contribution in [0.15, 0.2) is 67.1 Å². The fourth-order valence-corrected chi connectivity index (χ4v) is 4.11. The molecule has 0 fully saturated rings. The lowest BCUT2D eigenvalue weighted by Gasteiger charge is -2.17. The van der Waals surface area contributed by atoms with Gasteiger partial charge in [-0.3, -0.25) is 4.79 Å². The number of anilines is 5. The normalized spacial score (nSPS) is 12.1. The highest BCUT2D eigenvalue weighted by molar-refractivity contribution is 6.34. The van der Waals surface area contributed by atoms with Gasteiger partial charge in [0.1, 0.15) is 23.5 Å². The molecule has 2 aromatic carbocycles. The Bertz CT molecular complexity index is 1550. The Kier molecular flexibility index (Phi) is 6.34. The molecule has 10 heteroatoms. The number of carbonyl (C=O) groups is 1. The van der Waals surface area contributed by atoms with Crippen molar-refractivity contribution < 1.29 is 4.79 Å². The predicted molar refractivity (Wildman–Crippen MR) is 145 cm³/mol. The molecule has 4 aromatic rings. The molecule has 0 atom stereocenters. The van der Waals surface area contributed by atoms with Crippen LogP contribution in [0.1, 0.15) is 29.8 Å². The Morgan fingerprint density at radius 1 is 1.08 bits per heavy atom. The molecule has 0 bridgehead atoms. The Balaban J connectivity index is 1.41. The average molecular weight is 511 g/mol. The van der Waals surface area contributed by atoms with Crippen molar-refractivity contribution in [3.63, 3.8) is 0 Å². The molecule has 1 amide bonds. The number of benzene rings is 2. The minimum absolute atomic E-state index is 0.330. The maximum Gasteiger partial charge on any atom is 0.255 e. The van der Waals surface area contributed by atoms with Crippen LogP contribution in [-0.4, -0.2) is 27.5 Å². The summed E-state index contributed by atoms with van der Waals surface area (Å²) in [5.41, 5.74) is 3.90. The third-order valence-corrected chi connectivity index (χ3v) is 6.36. The zero-order chi connectivity index (χ0) is 26.0. The minimum atomic E-state index is -0.715. The van der Waals surface area contributed by atoms with Crippen LogP contribution in [0.3, 0.4) is 0 Å². The molecule has 4 N–H and O–H groups in total. The van der Waals surface area contributed by atoms with E-state index in [2.05, 4.69) is 42.3 Å². The standard InChI is InChI=1S/C27H23ClN8O/c1-27(2,13-29)17-6-3-5-16(11-17)26(37)36-21-12-18(8-9-20(21)28)35-24-19(7-4-10-30-24)22-23-25(33-14-31-22)34-15-32-23/h3-12,14,32H,15H2,1-2H3,(H,30,35)(H,36,37)(H,31,33,34). The SMILES string of the molecule is CC(C)(C#N)c1cccc(C(=O)Nc2cc(Nc3ncccc3-c3ncnc4c3NCN4)ccc2Cl)c1. The first-order valence-electron chi connectivity index (χ1n) is 11.5. The van der Waals surface area contributed by atoms with E-state index in [0.29, 0.717) is 40.1 Å². The number of nitriles is 1. The van der Waals surface area contributed by atoms with Gasteiger partial charge in [0.15, 0.2) is 5.82 Å². The fraction of sp³-hybridized carbons (Fsp3) is 0.148. The van der Waals surface area contributed by atoms with Crippen LogP contribution in [0, 0.1) is 11.3 Å². The van der Waals surface area contributed by atoms with Crippen molar-refractivity contribution in [1.29, 1.82) is 5.26 Å². The van der Waals surface area contributed by atoms with E-state index in [-0.39, 0.29) is 5.91 Å². The van der Waals surface area contributed by atoms with E-state index in [1.54, 1.807) is 42.6 Å². The van der Waals surface area contributed by atoms with Gasteiger partial charge in [0.2, 0.25) is 0 Å². The molecule has 0 aliphatic carbocycles. The van der Waals surface area contributed by atoms with Crippen molar-refractivity contribution in [2.45, 2.75) is 19.3 Å². The third-order valence-electron chi connectivity index (χ3n) is 6.03. The summed E-state index contributed by atoms with van der Waals surface area (Å²) in [6.07, 6.45) is 3.20. The van der Waals surface area contributed by atoms with E-state index in [0.717, 1.165) is 22.6 Å². The van der Waals surface area contributed by atoms with Crippen LogP contribution >= 0.6 is 11.6 Å². The summed E-state index contributed by atoms with van der Waals surface area (Å²) >= 11 is 6.41. The van der Waals surface area contributed by atoms with E-state index >= 15 is 0 Å². The highest BCUT2D eigenvalue weighted by Crippen LogP contribution is 2.37. The van der Waals surface area contributed by atoms with E-state index in [1.807, 2.05) is 32.0 Å². The van der Waals surface area contributed by atoms with Gasteiger partial charge in [-0.1, -0.05) is 23.7 Å². The molecule has 1 aliphatic heterocycles. The topological polar surface area (TPSA) is 128 Å². The van der Waals surface area contributed by atoms with Crippen LogP contribution in [0.5, 0.6) is 0 Å². The summed E-state index contributed by atoms with van der Waals surface area (Å²) in [6.45, 7) is 4.19. The molecule has 2 aromatic heterocycles. The molecule has 0 saturated heterocycles. The summed E-state index contributed by atoms with van der Waals surface area (Å²) in [5, 5.41) is 22.4. The summed E-state index contributed by atoms with van der Waals surface area (Å²) < 4.78 is 0. The summed E-state index contributed by atoms with van der Waals surface area (Å²) in [7, 11) is 0. The number of nitrogens with one attached hydrogen (secondary N) is 4. The third kappa shape index (κ3) is 4.87. The first-order valence-corrected chi connectivity index (χ1v) is 11.9. The van der Waals surface area contributed by atoms with Gasteiger partial charge in [0.25, 0.3) is 5.91 Å². The molecule has 37 heavy (non-hydrogen) atoms. The number of fused-ring (bicyclic) bond motifs is 1. The van der Waals surface area contributed by atoms with E-state index < -0.39 is 5.41 Å². The van der Waals surface area contributed by atoms with Crippen LogP contribution in [-0.2, 0) is 5.41 Å². The van der Waals surface area contributed by atoms with Gasteiger partial charge in [0.05, 0.1) is 28.9 Å². The molecule has 0 radical (unpaired) electrons. The van der Waals surface area contributed by atoms with Gasteiger partial charge in [-0.25, -0.2) is 15.0 Å². The number of nitrogens with zero attached hydrogens (tertiary/aromatic N) is 4. The number of halogens is 1. The van der Waals surface area contributed by atoms with Crippen LogP contribution in [0.2, 0.25) is 5.02 Å².